The van der Waals surface area contributed by atoms with Crippen molar-refractivity contribution in [2.75, 3.05) is 13.2 Å². The Bertz CT molecular complexity index is 255. The second-order valence-corrected chi connectivity index (χ2v) is 4.73. The number of aliphatic hydroxyl groups is 1. The molecule has 0 spiro atoms. The van der Waals surface area contributed by atoms with E-state index in [1.807, 2.05) is 6.07 Å². The molecule has 0 amide bonds. The average Bonchev–Trinajstić information content (AvgIpc) is 2.67. The highest BCUT2D eigenvalue weighted by Crippen LogP contribution is 2.20. The third kappa shape index (κ3) is 5.00. The van der Waals surface area contributed by atoms with Gasteiger partial charge in [-0.05, 0) is 24.3 Å². The van der Waals surface area contributed by atoms with Crippen molar-refractivity contribution in [1.82, 2.24) is 5.32 Å². The molecule has 0 saturated heterocycles. The first kappa shape index (κ1) is 12.3. The molecule has 0 bridgehead atoms. The molecule has 0 aromatic carbocycles. The van der Waals surface area contributed by atoms with E-state index >= 15 is 0 Å². The minimum atomic E-state index is 0.243. The van der Waals surface area contributed by atoms with Crippen LogP contribution in [0.25, 0.3) is 0 Å². The molecule has 1 aromatic rings. The van der Waals surface area contributed by atoms with Gasteiger partial charge in [-0.3, -0.25) is 0 Å². The van der Waals surface area contributed by atoms with Crippen molar-refractivity contribution in [1.29, 1.82) is 0 Å². The normalized spacial score (nSPS) is 11.9. The van der Waals surface area contributed by atoms with Crippen molar-refractivity contribution < 1.29 is 9.52 Å². The lowest BCUT2D eigenvalue weighted by Crippen LogP contribution is -2.29. The number of rotatable bonds is 7. The van der Waals surface area contributed by atoms with E-state index in [-0.39, 0.29) is 12.0 Å². The zero-order valence-corrected chi connectivity index (χ0v) is 9.62. The van der Waals surface area contributed by atoms with Gasteiger partial charge in [0.05, 0.1) is 12.5 Å². The maximum atomic E-state index is 8.77. The predicted octanol–water partition coefficient (Wildman–Crippen LogP) is 2.17. The molecule has 0 radical (unpaired) electrons. The lowest BCUT2D eigenvalue weighted by Gasteiger charge is -2.24. The van der Waals surface area contributed by atoms with Crippen LogP contribution < -0.4 is 5.32 Å². The summed E-state index contributed by atoms with van der Waals surface area (Å²) >= 11 is 0. The van der Waals surface area contributed by atoms with Crippen molar-refractivity contribution >= 4 is 0 Å². The van der Waals surface area contributed by atoms with Crippen molar-refractivity contribution in [2.24, 2.45) is 5.41 Å². The van der Waals surface area contributed by atoms with Crippen molar-refractivity contribution in [3.63, 3.8) is 0 Å². The molecule has 0 aliphatic rings. The van der Waals surface area contributed by atoms with Crippen LogP contribution in [0, 0.1) is 5.41 Å². The summed E-state index contributed by atoms with van der Waals surface area (Å²) < 4.78 is 4.99. The van der Waals surface area contributed by atoms with Crippen molar-refractivity contribution in [3.05, 3.63) is 24.2 Å². The van der Waals surface area contributed by atoms with E-state index in [1.54, 1.807) is 12.5 Å². The smallest absolute Gasteiger partial charge is 0.0947 e. The topological polar surface area (TPSA) is 45.4 Å². The summed E-state index contributed by atoms with van der Waals surface area (Å²) in [5.41, 5.74) is 1.42. The molecule has 1 aromatic heterocycles. The van der Waals surface area contributed by atoms with Gasteiger partial charge in [0, 0.05) is 25.3 Å². The maximum Gasteiger partial charge on any atom is 0.0947 e. The molecule has 0 aliphatic heterocycles. The largest absolute Gasteiger partial charge is 0.472 e. The molecule has 0 aliphatic carbocycles. The first-order valence-corrected chi connectivity index (χ1v) is 5.47. The van der Waals surface area contributed by atoms with Crippen LogP contribution in [0.5, 0.6) is 0 Å². The number of nitrogens with one attached hydrogen (secondary N) is 1. The SMILES string of the molecule is CC(C)(CCCO)CNCc1ccoc1. The summed E-state index contributed by atoms with van der Waals surface area (Å²) in [6.07, 6.45) is 5.36. The Hall–Kier alpha value is -0.800. The van der Waals surface area contributed by atoms with Gasteiger partial charge < -0.3 is 14.8 Å². The second-order valence-electron chi connectivity index (χ2n) is 4.73. The minimum absolute atomic E-state index is 0.243. The number of aliphatic hydroxyl groups excluding tert-OH is 1. The number of furan rings is 1. The number of hydrogen-bond acceptors (Lipinski definition) is 3. The zero-order valence-electron chi connectivity index (χ0n) is 9.62. The minimum Gasteiger partial charge on any atom is -0.472 e. The van der Waals surface area contributed by atoms with Gasteiger partial charge in [0.1, 0.15) is 0 Å². The molecule has 15 heavy (non-hydrogen) atoms. The van der Waals surface area contributed by atoms with Crippen molar-refractivity contribution in [3.8, 4) is 0 Å². The Balaban J connectivity index is 2.18. The average molecular weight is 211 g/mol. The summed E-state index contributed by atoms with van der Waals surface area (Å²) in [5, 5.41) is 12.2. The molecule has 86 valence electrons. The Morgan fingerprint density at radius 2 is 2.27 bits per heavy atom. The fraction of sp³-hybridized carbons (Fsp3) is 0.667. The zero-order chi connectivity index (χ0) is 11.1. The molecule has 0 unspecified atom stereocenters. The monoisotopic (exact) mass is 211 g/mol. The van der Waals surface area contributed by atoms with E-state index < -0.39 is 0 Å². The molecule has 3 heteroatoms. The summed E-state index contributed by atoms with van der Waals surface area (Å²) in [6, 6.07) is 1.97. The molecular formula is C12H21NO2. The fourth-order valence-electron chi connectivity index (χ4n) is 1.58. The van der Waals surface area contributed by atoms with Gasteiger partial charge in [-0.1, -0.05) is 13.8 Å². The van der Waals surface area contributed by atoms with Crippen LogP contribution >= 0.6 is 0 Å². The molecule has 3 nitrogen and oxygen atoms in total. The summed E-state index contributed by atoms with van der Waals surface area (Å²) in [5.74, 6) is 0. The van der Waals surface area contributed by atoms with Gasteiger partial charge in [0.2, 0.25) is 0 Å². The standard InChI is InChI=1S/C12H21NO2/c1-12(2,5-3-6-14)10-13-8-11-4-7-15-9-11/h4,7,9,13-14H,3,5-6,8,10H2,1-2H3. The molecule has 1 heterocycles. The molecule has 0 fully saturated rings. The van der Waals surface area contributed by atoms with Crippen LogP contribution in [0.1, 0.15) is 32.3 Å². The highest BCUT2D eigenvalue weighted by Gasteiger charge is 2.16. The predicted molar refractivity (Wildman–Crippen MR) is 60.5 cm³/mol. The first-order chi connectivity index (χ1) is 7.14. The van der Waals surface area contributed by atoms with E-state index in [9.17, 15) is 0 Å². The van der Waals surface area contributed by atoms with Crippen LogP contribution in [0.4, 0.5) is 0 Å². The lowest BCUT2D eigenvalue weighted by molar-refractivity contribution is 0.236. The van der Waals surface area contributed by atoms with Crippen LogP contribution in [0.15, 0.2) is 23.0 Å². The second kappa shape index (κ2) is 5.93. The van der Waals surface area contributed by atoms with Crippen LogP contribution in [0.2, 0.25) is 0 Å². The Kier molecular flexibility index (Phi) is 4.85. The third-order valence-electron chi connectivity index (χ3n) is 2.52. The van der Waals surface area contributed by atoms with Gasteiger partial charge in [0.25, 0.3) is 0 Å². The van der Waals surface area contributed by atoms with Gasteiger partial charge in [-0.2, -0.15) is 0 Å². The van der Waals surface area contributed by atoms with E-state index in [1.165, 1.54) is 5.56 Å². The maximum absolute atomic E-state index is 8.77. The molecule has 0 atom stereocenters. The summed E-state index contributed by atoms with van der Waals surface area (Å²) in [7, 11) is 0. The first-order valence-electron chi connectivity index (χ1n) is 5.47. The highest BCUT2D eigenvalue weighted by molar-refractivity contribution is 5.04. The molecular weight excluding hydrogens is 190 g/mol. The van der Waals surface area contributed by atoms with Gasteiger partial charge in [-0.25, -0.2) is 0 Å². The van der Waals surface area contributed by atoms with Gasteiger partial charge >= 0.3 is 0 Å². The van der Waals surface area contributed by atoms with Crippen LogP contribution in [-0.2, 0) is 6.54 Å². The molecule has 0 saturated carbocycles. The highest BCUT2D eigenvalue weighted by atomic mass is 16.3. The Morgan fingerprint density at radius 3 is 2.87 bits per heavy atom. The summed E-state index contributed by atoms with van der Waals surface area (Å²) in [4.78, 5) is 0. The van der Waals surface area contributed by atoms with Gasteiger partial charge in [0.15, 0.2) is 0 Å². The Morgan fingerprint density at radius 1 is 1.47 bits per heavy atom. The Labute approximate surface area is 91.5 Å². The van der Waals surface area contributed by atoms with E-state index in [0.29, 0.717) is 0 Å². The fourth-order valence-corrected chi connectivity index (χ4v) is 1.58. The molecule has 1 rings (SSSR count). The van der Waals surface area contributed by atoms with E-state index in [4.69, 9.17) is 9.52 Å². The van der Waals surface area contributed by atoms with E-state index in [2.05, 4.69) is 19.2 Å². The third-order valence-corrected chi connectivity index (χ3v) is 2.52. The lowest BCUT2D eigenvalue weighted by atomic mass is 9.88. The van der Waals surface area contributed by atoms with Crippen molar-refractivity contribution in [2.45, 2.75) is 33.2 Å². The van der Waals surface area contributed by atoms with Gasteiger partial charge in [-0.15, -0.1) is 0 Å². The van der Waals surface area contributed by atoms with Crippen LogP contribution in [0.3, 0.4) is 0 Å². The quantitative estimate of drug-likeness (QED) is 0.726. The molecule has 2 N–H and O–H groups in total. The number of hydrogen-bond donors (Lipinski definition) is 2. The van der Waals surface area contributed by atoms with Crippen LogP contribution in [-0.4, -0.2) is 18.3 Å². The summed E-state index contributed by atoms with van der Waals surface area (Å²) in [6.45, 7) is 6.51. The van der Waals surface area contributed by atoms with E-state index in [0.717, 1.165) is 25.9 Å².